The van der Waals surface area contributed by atoms with Crippen molar-refractivity contribution in [1.29, 1.82) is 0 Å². The molecule has 0 unspecified atom stereocenters. The number of nitrogens with zero attached hydrogens (tertiary/aromatic N) is 1. The molecule has 3 aromatic carbocycles. The molecule has 0 atom stereocenters. The van der Waals surface area contributed by atoms with E-state index in [1.165, 1.54) is 24.3 Å². The Kier molecular flexibility index (Phi) is 5.99. The lowest BCUT2D eigenvalue weighted by Gasteiger charge is -2.25. The number of carbonyl (C=O) groups is 1. The number of nitrogens with one attached hydrogen (secondary N) is 1. The Labute approximate surface area is 191 Å². The van der Waals surface area contributed by atoms with Crippen LogP contribution in [0.2, 0.25) is 5.02 Å². The molecule has 0 aliphatic carbocycles. The van der Waals surface area contributed by atoms with Gasteiger partial charge in [0.15, 0.2) is 11.5 Å². The van der Waals surface area contributed by atoms with Crippen molar-refractivity contribution in [2.24, 2.45) is 0 Å². The van der Waals surface area contributed by atoms with Crippen molar-refractivity contribution in [3.05, 3.63) is 76.8 Å². The summed E-state index contributed by atoms with van der Waals surface area (Å²) >= 11 is 5.92. The topological polar surface area (TPSA) is 84.9 Å². The van der Waals surface area contributed by atoms with E-state index in [0.717, 1.165) is 15.4 Å². The van der Waals surface area contributed by atoms with E-state index in [2.05, 4.69) is 5.32 Å². The minimum Gasteiger partial charge on any atom is -0.454 e. The number of rotatable bonds is 6. The lowest BCUT2D eigenvalue weighted by molar-refractivity contribution is -0.114. The van der Waals surface area contributed by atoms with E-state index in [1.54, 1.807) is 30.3 Å². The predicted octanol–water partition coefficient (Wildman–Crippen LogP) is 4.52. The zero-order chi connectivity index (χ0) is 22.9. The fraction of sp³-hybridized carbons (Fsp3) is 0.174. The van der Waals surface area contributed by atoms with Gasteiger partial charge in [-0.3, -0.25) is 9.10 Å². The first kappa shape index (κ1) is 22.0. The highest BCUT2D eigenvalue weighted by molar-refractivity contribution is 7.92. The molecule has 0 bridgehead atoms. The summed E-state index contributed by atoms with van der Waals surface area (Å²) in [6, 6.07) is 16.1. The third kappa shape index (κ3) is 4.51. The molecule has 1 aliphatic rings. The number of hydrogen-bond acceptors (Lipinski definition) is 5. The van der Waals surface area contributed by atoms with Crippen molar-refractivity contribution in [2.75, 3.05) is 23.0 Å². The molecule has 1 aliphatic heterocycles. The SMILES string of the molecule is Cc1ccc(N(CC(=O)Nc2ccc3c(c2)OCO3)S(=O)(=O)c2ccc(Cl)cc2)cc1C. The summed E-state index contributed by atoms with van der Waals surface area (Å²) in [4.78, 5) is 12.9. The molecule has 0 spiro atoms. The number of anilines is 2. The molecule has 0 saturated heterocycles. The fourth-order valence-electron chi connectivity index (χ4n) is 3.23. The number of ether oxygens (including phenoxy) is 2. The average Bonchev–Trinajstić information content (AvgIpc) is 3.22. The Morgan fingerprint density at radius 1 is 0.969 bits per heavy atom. The van der Waals surface area contributed by atoms with Crippen LogP contribution in [0.5, 0.6) is 11.5 Å². The van der Waals surface area contributed by atoms with Crippen LogP contribution in [-0.2, 0) is 14.8 Å². The molecule has 0 radical (unpaired) electrons. The maximum Gasteiger partial charge on any atom is 0.264 e. The van der Waals surface area contributed by atoms with E-state index >= 15 is 0 Å². The first-order valence-corrected chi connectivity index (χ1v) is 11.6. The number of hydrogen-bond donors (Lipinski definition) is 1. The van der Waals surface area contributed by atoms with E-state index in [9.17, 15) is 13.2 Å². The first-order valence-electron chi connectivity index (χ1n) is 9.79. The quantitative estimate of drug-likeness (QED) is 0.570. The number of halogens is 1. The van der Waals surface area contributed by atoms with Crippen molar-refractivity contribution >= 4 is 38.9 Å². The molecule has 1 N–H and O–H groups in total. The van der Waals surface area contributed by atoms with E-state index in [-0.39, 0.29) is 11.7 Å². The summed E-state index contributed by atoms with van der Waals surface area (Å²) in [5.41, 5.74) is 2.80. The van der Waals surface area contributed by atoms with Gasteiger partial charge in [0.05, 0.1) is 10.6 Å². The van der Waals surface area contributed by atoms with Crippen LogP contribution in [0.3, 0.4) is 0 Å². The summed E-state index contributed by atoms with van der Waals surface area (Å²) in [5.74, 6) is 0.604. The van der Waals surface area contributed by atoms with E-state index in [4.69, 9.17) is 21.1 Å². The third-order valence-corrected chi connectivity index (χ3v) is 7.16. The van der Waals surface area contributed by atoms with Gasteiger partial charge < -0.3 is 14.8 Å². The molecule has 32 heavy (non-hydrogen) atoms. The van der Waals surface area contributed by atoms with Crippen molar-refractivity contribution in [2.45, 2.75) is 18.7 Å². The summed E-state index contributed by atoms with van der Waals surface area (Å²) < 4.78 is 38.6. The van der Waals surface area contributed by atoms with Gasteiger partial charge in [-0.15, -0.1) is 0 Å². The normalized spacial score (nSPS) is 12.5. The van der Waals surface area contributed by atoms with Gasteiger partial charge in [-0.05, 0) is 73.5 Å². The Bertz CT molecular complexity index is 1280. The van der Waals surface area contributed by atoms with Gasteiger partial charge in [-0.25, -0.2) is 8.42 Å². The maximum absolute atomic E-state index is 13.4. The van der Waals surface area contributed by atoms with Crippen molar-refractivity contribution < 1.29 is 22.7 Å². The highest BCUT2D eigenvalue weighted by Crippen LogP contribution is 2.34. The van der Waals surface area contributed by atoms with Gasteiger partial charge in [0, 0.05) is 16.8 Å². The van der Waals surface area contributed by atoms with Crippen LogP contribution >= 0.6 is 11.6 Å². The van der Waals surface area contributed by atoms with Crippen LogP contribution in [0.25, 0.3) is 0 Å². The summed E-state index contributed by atoms with van der Waals surface area (Å²) in [5, 5.41) is 3.15. The fourth-order valence-corrected chi connectivity index (χ4v) is 4.77. The number of sulfonamides is 1. The minimum absolute atomic E-state index is 0.0380. The molecule has 1 amide bonds. The Balaban J connectivity index is 1.65. The zero-order valence-electron chi connectivity index (χ0n) is 17.5. The number of fused-ring (bicyclic) bond motifs is 1. The second-order valence-corrected chi connectivity index (χ2v) is 9.65. The van der Waals surface area contributed by atoms with Crippen LogP contribution in [0.4, 0.5) is 11.4 Å². The van der Waals surface area contributed by atoms with Gasteiger partial charge in [0.2, 0.25) is 12.7 Å². The molecule has 0 fully saturated rings. The van der Waals surface area contributed by atoms with Gasteiger partial charge in [0.25, 0.3) is 10.0 Å². The molecule has 0 aromatic heterocycles. The lowest BCUT2D eigenvalue weighted by Crippen LogP contribution is -2.38. The number of amides is 1. The molecule has 0 saturated carbocycles. The van der Waals surface area contributed by atoms with Gasteiger partial charge in [0.1, 0.15) is 6.54 Å². The largest absolute Gasteiger partial charge is 0.454 e. The highest BCUT2D eigenvalue weighted by Gasteiger charge is 2.28. The first-order chi connectivity index (χ1) is 15.2. The smallest absolute Gasteiger partial charge is 0.264 e. The summed E-state index contributed by atoms with van der Waals surface area (Å²) in [7, 11) is -4.03. The van der Waals surface area contributed by atoms with Crippen LogP contribution in [-0.4, -0.2) is 27.7 Å². The maximum atomic E-state index is 13.4. The Hall–Kier alpha value is -3.23. The van der Waals surface area contributed by atoms with Crippen molar-refractivity contribution in [3.8, 4) is 11.5 Å². The Morgan fingerprint density at radius 3 is 2.41 bits per heavy atom. The van der Waals surface area contributed by atoms with E-state index in [0.29, 0.717) is 27.9 Å². The van der Waals surface area contributed by atoms with Crippen LogP contribution in [0, 0.1) is 13.8 Å². The second-order valence-electron chi connectivity index (χ2n) is 7.35. The summed E-state index contributed by atoms with van der Waals surface area (Å²) in [6.07, 6.45) is 0. The highest BCUT2D eigenvalue weighted by atomic mass is 35.5. The molecular formula is C23H21ClN2O5S. The number of carbonyl (C=O) groups excluding carboxylic acids is 1. The van der Waals surface area contributed by atoms with Crippen LogP contribution in [0.1, 0.15) is 11.1 Å². The van der Waals surface area contributed by atoms with Crippen molar-refractivity contribution in [1.82, 2.24) is 0 Å². The lowest BCUT2D eigenvalue weighted by atomic mass is 10.1. The predicted molar refractivity (Wildman–Crippen MR) is 123 cm³/mol. The molecule has 3 aromatic rings. The van der Waals surface area contributed by atoms with Gasteiger partial charge in [-0.2, -0.15) is 0 Å². The number of aryl methyl sites for hydroxylation is 2. The molecule has 7 nitrogen and oxygen atoms in total. The molecular weight excluding hydrogens is 452 g/mol. The van der Waals surface area contributed by atoms with Crippen molar-refractivity contribution in [3.63, 3.8) is 0 Å². The van der Waals surface area contributed by atoms with Gasteiger partial charge >= 0.3 is 0 Å². The second kappa shape index (κ2) is 8.72. The minimum atomic E-state index is -4.03. The van der Waals surface area contributed by atoms with Gasteiger partial charge in [-0.1, -0.05) is 17.7 Å². The standard InChI is InChI=1S/C23H21ClN2O5S/c1-15-3-7-19(11-16(15)2)26(32(28,29)20-8-4-17(24)5-9-20)13-23(27)25-18-6-10-21-22(12-18)31-14-30-21/h3-12H,13-14H2,1-2H3,(H,25,27). The zero-order valence-corrected chi connectivity index (χ0v) is 19.0. The molecule has 4 rings (SSSR count). The van der Waals surface area contributed by atoms with E-state index < -0.39 is 22.5 Å². The summed E-state index contributed by atoms with van der Waals surface area (Å²) in [6.45, 7) is 3.52. The van der Waals surface area contributed by atoms with Crippen LogP contribution in [0.15, 0.2) is 65.6 Å². The molecule has 1 heterocycles. The number of benzene rings is 3. The monoisotopic (exact) mass is 472 g/mol. The third-order valence-electron chi connectivity index (χ3n) is 5.12. The average molecular weight is 473 g/mol. The van der Waals surface area contributed by atoms with Crippen LogP contribution < -0.4 is 19.1 Å². The Morgan fingerprint density at radius 2 is 1.69 bits per heavy atom. The van der Waals surface area contributed by atoms with E-state index in [1.807, 2.05) is 19.9 Å². The molecule has 166 valence electrons. The molecule has 9 heteroatoms.